The highest BCUT2D eigenvalue weighted by Crippen LogP contribution is 2.43. The van der Waals surface area contributed by atoms with Crippen LogP contribution < -0.4 is 15.1 Å². The average molecular weight is 479 g/mol. The van der Waals surface area contributed by atoms with Crippen molar-refractivity contribution in [2.45, 2.75) is 26.8 Å². The SMILES string of the molecule is CCOc1ccc([C@H]2c3c(oc4ccc(F)cc4c3=O)C(=O)N2c2nc(C)c(C(C)=O)s2)cc1. The normalized spacial score (nSPS) is 15.1. The molecule has 2 aromatic carbocycles. The molecule has 172 valence electrons. The van der Waals surface area contributed by atoms with Crippen LogP contribution in [0.3, 0.4) is 0 Å². The quantitative estimate of drug-likeness (QED) is 0.373. The summed E-state index contributed by atoms with van der Waals surface area (Å²) in [7, 11) is 0. The molecule has 0 fully saturated rings. The van der Waals surface area contributed by atoms with E-state index in [9.17, 15) is 18.8 Å². The third-order valence-electron chi connectivity index (χ3n) is 5.65. The van der Waals surface area contributed by atoms with Crippen molar-refractivity contribution in [2.24, 2.45) is 0 Å². The number of anilines is 1. The van der Waals surface area contributed by atoms with Crippen molar-refractivity contribution in [3.05, 3.63) is 86.0 Å². The number of hydrogen-bond donors (Lipinski definition) is 0. The zero-order valence-corrected chi connectivity index (χ0v) is 19.4. The lowest BCUT2D eigenvalue weighted by atomic mass is 9.98. The molecule has 5 rings (SSSR count). The fraction of sp³-hybridized carbons (Fsp3) is 0.200. The van der Waals surface area contributed by atoms with E-state index in [1.807, 2.05) is 6.92 Å². The van der Waals surface area contributed by atoms with Crippen molar-refractivity contribution in [3.8, 4) is 5.75 Å². The van der Waals surface area contributed by atoms with Gasteiger partial charge < -0.3 is 9.15 Å². The van der Waals surface area contributed by atoms with Gasteiger partial charge in [-0.25, -0.2) is 9.37 Å². The number of fused-ring (bicyclic) bond motifs is 2. The maximum absolute atomic E-state index is 13.9. The number of ketones is 1. The summed E-state index contributed by atoms with van der Waals surface area (Å²) in [5.41, 5.74) is 0.838. The van der Waals surface area contributed by atoms with Gasteiger partial charge >= 0.3 is 0 Å². The highest BCUT2D eigenvalue weighted by atomic mass is 32.1. The first kappa shape index (κ1) is 22.0. The fourth-order valence-electron chi connectivity index (χ4n) is 4.18. The van der Waals surface area contributed by atoms with Crippen LogP contribution in [0.4, 0.5) is 9.52 Å². The number of ether oxygens (including phenoxy) is 1. The van der Waals surface area contributed by atoms with E-state index in [0.717, 1.165) is 17.4 Å². The molecule has 1 aliphatic heterocycles. The molecule has 0 saturated carbocycles. The zero-order chi connectivity index (χ0) is 24.1. The summed E-state index contributed by atoms with van der Waals surface area (Å²) in [6, 6.07) is 9.74. The zero-order valence-electron chi connectivity index (χ0n) is 18.5. The summed E-state index contributed by atoms with van der Waals surface area (Å²) in [5, 5.41) is 0.316. The first-order chi connectivity index (χ1) is 16.3. The van der Waals surface area contributed by atoms with Crippen LogP contribution in [0.25, 0.3) is 11.0 Å². The van der Waals surface area contributed by atoms with Gasteiger partial charge in [0.25, 0.3) is 5.91 Å². The van der Waals surface area contributed by atoms with Gasteiger partial charge in [-0.1, -0.05) is 23.5 Å². The van der Waals surface area contributed by atoms with E-state index in [-0.39, 0.29) is 33.2 Å². The van der Waals surface area contributed by atoms with Crippen molar-refractivity contribution >= 4 is 39.1 Å². The van der Waals surface area contributed by atoms with Crippen molar-refractivity contribution in [3.63, 3.8) is 0 Å². The number of amides is 1. The van der Waals surface area contributed by atoms with E-state index in [0.29, 0.717) is 28.5 Å². The molecule has 0 unspecified atom stereocenters. The summed E-state index contributed by atoms with van der Waals surface area (Å²) >= 11 is 1.08. The molecule has 1 aliphatic rings. The van der Waals surface area contributed by atoms with Gasteiger partial charge in [0.15, 0.2) is 16.3 Å². The molecule has 0 bridgehead atoms. The Morgan fingerprint density at radius 3 is 2.59 bits per heavy atom. The number of carbonyl (C=O) groups excluding carboxylic acids is 2. The number of halogens is 1. The number of nitrogens with zero attached hydrogens (tertiary/aromatic N) is 2. The first-order valence-corrected chi connectivity index (χ1v) is 11.4. The van der Waals surface area contributed by atoms with Gasteiger partial charge in [0.05, 0.1) is 34.2 Å². The van der Waals surface area contributed by atoms with Crippen molar-refractivity contribution in [2.75, 3.05) is 11.5 Å². The largest absolute Gasteiger partial charge is 0.494 e. The molecule has 0 radical (unpaired) electrons. The molecule has 2 aromatic heterocycles. The first-order valence-electron chi connectivity index (χ1n) is 10.6. The number of carbonyl (C=O) groups is 2. The molecular formula is C25H19FN2O5S. The standard InChI is InChI=1S/C25H19FN2O5S/c1-4-32-16-8-5-14(6-9-16)20-19-21(30)17-11-15(26)7-10-18(17)33-22(19)24(31)28(20)25-27-12(2)23(34-25)13(3)29/h5-11,20H,4H2,1-3H3/t20-/m0/s1. The van der Waals surface area contributed by atoms with Crippen LogP contribution >= 0.6 is 11.3 Å². The molecule has 9 heteroatoms. The van der Waals surface area contributed by atoms with Crippen LogP contribution in [0.15, 0.2) is 51.7 Å². The second kappa shape index (κ2) is 8.18. The summed E-state index contributed by atoms with van der Waals surface area (Å²) in [4.78, 5) is 45.4. The summed E-state index contributed by atoms with van der Waals surface area (Å²) in [5.74, 6) is -0.793. The minimum atomic E-state index is -0.868. The minimum Gasteiger partial charge on any atom is -0.494 e. The highest BCUT2D eigenvalue weighted by molar-refractivity contribution is 7.17. The second-order valence-electron chi connectivity index (χ2n) is 7.86. The van der Waals surface area contributed by atoms with Crippen LogP contribution in [0, 0.1) is 12.7 Å². The van der Waals surface area contributed by atoms with E-state index in [1.54, 1.807) is 31.2 Å². The Morgan fingerprint density at radius 1 is 1.21 bits per heavy atom. The molecular weight excluding hydrogens is 459 g/mol. The van der Waals surface area contributed by atoms with E-state index >= 15 is 0 Å². The summed E-state index contributed by atoms with van der Waals surface area (Å²) < 4.78 is 25.3. The Bertz CT molecular complexity index is 1520. The summed E-state index contributed by atoms with van der Waals surface area (Å²) in [6.45, 7) is 5.48. The van der Waals surface area contributed by atoms with Gasteiger partial charge in [-0.15, -0.1) is 0 Å². The molecule has 3 heterocycles. The Hall–Kier alpha value is -3.85. The van der Waals surface area contributed by atoms with Crippen molar-refractivity contribution in [1.82, 2.24) is 4.98 Å². The number of Topliss-reactive ketones (excluding diaryl/α,β-unsaturated/α-hetero) is 1. The van der Waals surface area contributed by atoms with Crippen LogP contribution in [-0.2, 0) is 0 Å². The van der Waals surface area contributed by atoms with Crippen LogP contribution in [-0.4, -0.2) is 23.3 Å². The molecule has 0 N–H and O–H groups in total. The molecule has 0 spiro atoms. The van der Waals surface area contributed by atoms with Crippen molar-refractivity contribution in [1.29, 1.82) is 0 Å². The maximum atomic E-state index is 13.9. The lowest BCUT2D eigenvalue weighted by Gasteiger charge is -2.22. The predicted octanol–water partition coefficient (Wildman–Crippen LogP) is 5.05. The number of aromatic nitrogens is 1. The fourth-order valence-corrected chi connectivity index (χ4v) is 5.17. The maximum Gasteiger partial charge on any atom is 0.297 e. The van der Waals surface area contributed by atoms with Gasteiger partial charge in [-0.3, -0.25) is 19.3 Å². The number of thiazole rings is 1. The Balaban J connectivity index is 1.76. The van der Waals surface area contributed by atoms with Crippen LogP contribution in [0.2, 0.25) is 0 Å². The van der Waals surface area contributed by atoms with Gasteiger partial charge in [-0.05, 0) is 49.7 Å². The Labute approximate surface area is 197 Å². The molecule has 7 nitrogen and oxygen atoms in total. The van der Waals surface area contributed by atoms with E-state index in [2.05, 4.69) is 4.98 Å². The molecule has 4 aromatic rings. The predicted molar refractivity (Wildman–Crippen MR) is 126 cm³/mol. The van der Waals surface area contributed by atoms with Crippen LogP contribution in [0.1, 0.15) is 56.9 Å². The lowest BCUT2D eigenvalue weighted by molar-refractivity contribution is 0.0969. The van der Waals surface area contributed by atoms with Crippen molar-refractivity contribution < 1.29 is 23.1 Å². The third-order valence-corrected chi connectivity index (χ3v) is 6.91. The highest BCUT2D eigenvalue weighted by Gasteiger charge is 2.45. The smallest absolute Gasteiger partial charge is 0.297 e. The third kappa shape index (κ3) is 3.40. The van der Waals surface area contributed by atoms with E-state index in [1.165, 1.54) is 24.0 Å². The number of aryl methyl sites for hydroxylation is 1. The average Bonchev–Trinajstić information content (AvgIpc) is 3.33. The topological polar surface area (TPSA) is 89.7 Å². The minimum absolute atomic E-state index is 0.0454. The Kier molecular flexibility index (Phi) is 5.28. The monoisotopic (exact) mass is 478 g/mol. The number of hydrogen-bond acceptors (Lipinski definition) is 7. The van der Waals surface area contributed by atoms with Gasteiger partial charge in [0, 0.05) is 6.92 Å². The lowest BCUT2D eigenvalue weighted by Crippen LogP contribution is -2.29. The summed E-state index contributed by atoms with van der Waals surface area (Å²) in [6.07, 6.45) is 0. The number of benzene rings is 2. The number of rotatable bonds is 5. The van der Waals surface area contributed by atoms with Crippen LogP contribution in [0.5, 0.6) is 5.75 Å². The van der Waals surface area contributed by atoms with E-state index < -0.39 is 23.2 Å². The van der Waals surface area contributed by atoms with Gasteiger partial charge in [-0.2, -0.15) is 0 Å². The Morgan fingerprint density at radius 2 is 1.94 bits per heavy atom. The molecule has 34 heavy (non-hydrogen) atoms. The molecule has 0 aliphatic carbocycles. The van der Waals surface area contributed by atoms with E-state index in [4.69, 9.17) is 9.15 Å². The molecule has 0 saturated heterocycles. The van der Waals surface area contributed by atoms with Gasteiger partial charge in [0.2, 0.25) is 5.76 Å². The van der Waals surface area contributed by atoms with Gasteiger partial charge in [0.1, 0.15) is 17.1 Å². The molecule has 1 amide bonds. The molecule has 1 atom stereocenters. The second-order valence-corrected chi connectivity index (χ2v) is 8.84.